The van der Waals surface area contributed by atoms with Crippen LogP contribution in [0.3, 0.4) is 0 Å². The van der Waals surface area contributed by atoms with E-state index in [-0.39, 0.29) is 11.7 Å². The topological polar surface area (TPSA) is 43.8 Å². The van der Waals surface area contributed by atoms with E-state index in [1.807, 2.05) is 12.1 Å². The van der Waals surface area contributed by atoms with Crippen LogP contribution < -0.4 is 0 Å². The number of halogens is 1. The summed E-state index contributed by atoms with van der Waals surface area (Å²) >= 11 is 1.68. The fraction of sp³-hybridized carbons (Fsp3) is 0.400. The number of aliphatic hydroxyl groups excluding tert-OH is 1. The summed E-state index contributed by atoms with van der Waals surface area (Å²) in [7, 11) is 0. The highest BCUT2D eigenvalue weighted by Crippen LogP contribution is 2.27. The van der Waals surface area contributed by atoms with Crippen LogP contribution in [-0.2, 0) is 11.3 Å². The van der Waals surface area contributed by atoms with Crippen molar-refractivity contribution in [1.29, 1.82) is 0 Å². The van der Waals surface area contributed by atoms with Crippen molar-refractivity contribution in [3.8, 4) is 0 Å². The Labute approximate surface area is 126 Å². The van der Waals surface area contributed by atoms with Crippen LogP contribution in [0.5, 0.6) is 0 Å². The van der Waals surface area contributed by atoms with Gasteiger partial charge < -0.3 is 10.0 Å². The first kappa shape index (κ1) is 14.4. The first-order valence-corrected chi connectivity index (χ1v) is 7.76. The minimum atomic E-state index is -0.415. The molecule has 1 fully saturated rings. The van der Waals surface area contributed by atoms with E-state index >= 15 is 0 Å². The molecule has 1 amide bonds. The maximum absolute atomic E-state index is 13.2. The molecule has 1 N–H and O–H groups in total. The van der Waals surface area contributed by atoms with Gasteiger partial charge in [0.2, 0.25) is 5.91 Å². The molecular formula is C15H17FN2O2S. The number of rotatable bonds is 3. The van der Waals surface area contributed by atoms with Gasteiger partial charge in [0, 0.05) is 42.3 Å². The van der Waals surface area contributed by atoms with Gasteiger partial charge in [0.05, 0.1) is 0 Å². The lowest BCUT2D eigenvalue weighted by atomic mass is 10.2. The number of fused-ring (bicyclic) bond motifs is 1. The first-order valence-electron chi connectivity index (χ1n) is 6.94. The summed E-state index contributed by atoms with van der Waals surface area (Å²) in [6.45, 7) is 3.31. The van der Waals surface area contributed by atoms with Gasteiger partial charge in [0.1, 0.15) is 12.4 Å². The smallest absolute Gasteiger partial charge is 0.248 e. The second-order valence-electron chi connectivity index (χ2n) is 5.21. The Morgan fingerprint density at radius 1 is 1.24 bits per heavy atom. The molecule has 1 aliphatic heterocycles. The fourth-order valence-corrected chi connectivity index (χ4v) is 3.71. The highest BCUT2D eigenvalue weighted by molar-refractivity contribution is 7.19. The van der Waals surface area contributed by atoms with Crippen LogP contribution in [0.15, 0.2) is 24.3 Å². The fourth-order valence-electron chi connectivity index (χ4n) is 2.62. The highest BCUT2D eigenvalue weighted by Gasteiger charge is 2.20. The molecule has 1 aromatic heterocycles. The Morgan fingerprint density at radius 2 is 2.00 bits per heavy atom. The van der Waals surface area contributed by atoms with E-state index in [1.165, 1.54) is 10.9 Å². The van der Waals surface area contributed by atoms with Gasteiger partial charge in [-0.15, -0.1) is 11.3 Å². The summed E-state index contributed by atoms with van der Waals surface area (Å²) < 4.78 is 14.3. The van der Waals surface area contributed by atoms with Crippen LogP contribution in [0, 0.1) is 5.82 Å². The van der Waals surface area contributed by atoms with E-state index in [4.69, 9.17) is 5.11 Å². The minimum absolute atomic E-state index is 0.202. The number of benzene rings is 1. The molecule has 4 nitrogen and oxygen atoms in total. The number of carbonyl (C=O) groups excluding carboxylic acids is 1. The van der Waals surface area contributed by atoms with Crippen molar-refractivity contribution < 1.29 is 14.3 Å². The van der Waals surface area contributed by atoms with Gasteiger partial charge in [0.15, 0.2) is 0 Å². The van der Waals surface area contributed by atoms with E-state index in [9.17, 15) is 9.18 Å². The van der Waals surface area contributed by atoms with Crippen LogP contribution >= 0.6 is 11.3 Å². The predicted molar refractivity (Wildman–Crippen MR) is 80.7 cm³/mol. The predicted octanol–water partition coefficient (Wildman–Crippen LogP) is 1.68. The Morgan fingerprint density at radius 3 is 2.71 bits per heavy atom. The number of nitrogens with zero attached hydrogens (tertiary/aromatic N) is 2. The Kier molecular flexibility index (Phi) is 4.19. The van der Waals surface area contributed by atoms with E-state index in [2.05, 4.69) is 4.90 Å². The molecular weight excluding hydrogens is 291 g/mol. The van der Waals surface area contributed by atoms with Crippen molar-refractivity contribution in [1.82, 2.24) is 9.80 Å². The Balaban J connectivity index is 1.63. The average molecular weight is 308 g/mol. The molecule has 0 spiro atoms. The third kappa shape index (κ3) is 3.23. The minimum Gasteiger partial charge on any atom is -0.387 e. The average Bonchev–Trinajstić information content (AvgIpc) is 2.88. The van der Waals surface area contributed by atoms with E-state index in [0.29, 0.717) is 13.1 Å². The second kappa shape index (κ2) is 6.09. The van der Waals surface area contributed by atoms with Crippen molar-refractivity contribution in [2.24, 2.45) is 0 Å². The Hall–Kier alpha value is -1.50. The van der Waals surface area contributed by atoms with E-state index < -0.39 is 6.61 Å². The number of piperazine rings is 1. The number of thiophene rings is 1. The molecule has 0 atom stereocenters. The van der Waals surface area contributed by atoms with Gasteiger partial charge >= 0.3 is 0 Å². The summed E-state index contributed by atoms with van der Waals surface area (Å²) in [5, 5.41) is 9.81. The lowest BCUT2D eigenvalue weighted by Crippen LogP contribution is -2.49. The largest absolute Gasteiger partial charge is 0.387 e. The molecule has 1 saturated heterocycles. The third-order valence-electron chi connectivity index (χ3n) is 3.77. The standard InChI is InChI=1S/C15H17FN2O2S/c16-12-1-2-14-11(7-12)8-13(21-14)9-17-3-5-18(6-4-17)15(20)10-19/h1-2,7-8,19H,3-6,9-10H2. The maximum Gasteiger partial charge on any atom is 0.248 e. The zero-order valence-corrected chi connectivity index (χ0v) is 12.4. The van der Waals surface area contributed by atoms with Gasteiger partial charge in [-0.1, -0.05) is 0 Å². The van der Waals surface area contributed by atoms with Gasteiger partial charge in [-0.25, -0.2) is 4.39 Å². The molecule has 21 heavy (non-hydrogen) atoms. The molecule has 3 rings (SSSR count). The molecule has 0 unspecified atom stereocenters. The zero-order chi connectivity index (χ0) is 14.8. The molecule has 0 aliphatic carbocycles. The number of hydrogen-bond acceptors (Lipinski definition) is 4. The monoisotopic (exact) mass is 308 g/mol. The van der Waals surface area contributed by atoms with Crippen LogP contribution in [0.1, 0.15) is 4.88 Å². The van der Waals surface area contributed by atoms with Crippen molar-refractivity contribution in [2.75, 3.05) is 32.8 Å². The highest BCUT2D eigenvalue weighted by atomic mass is 32.1. The lowest BCUT2D eigenvalue weighted by molar-refractivity contribution is -0.135. The Bertz CT molecular complexity index is 650. The molecule has 2 aromatic rings. The maximum atomic E-state index is 13.2. The van der Waals surface area contributed by atoms with Gasteiger partial charge in [-0.2, -0.15) is 0 Å². The molecule has 1 aliphatic rings. The summed E-state index contributed by atoms with van der Waals surface area (Å²) in [6.07, 6.45) is 0. The molecule has 0 bridgehead atoms. The summed E-state index contributed by atoms with van der Waals surface area (Å²) in [6, 6.07) is 6.90. The van der Waals surface area contributed by atoms with Crippen LogP contribution in [0.4, 0.5) is 4.39 Å². The van der Waals surface area contributed by atoms with Crippen LogP contribution in [0.2, 0.25) is 0 Å². The van der Waals surface area contributed by atoms with Crippen molar-refractivity contribution in [2.45, 2.75) is 6.54 Å². The number of amides is 1. The summed E-state index contributed by atoms with van der Waals surface area (Å²) in [5.41, 5.74) is 0. The number of aliphatic hydroxyl groups is 1. The summed E-state index contributed by atoms with van der Waals surface area (Å²) in [5.74, 6) is -0.407. The third-order valence-corrected chi connectivity index (χ3v) is 4.87. The SMILES string of the molecule is O=C(CO)N1CCN(Cc2cc3cc(F)ccc3s2)CC1. The molecule has 112 valence electrons. The van der Waals surface area contributed by atoms with Crippen molar-refractivity contribution in [3.05, 3.63) is 35.0 Å². The van der Waals surface area contributed by atoms with Crippen molar-refractivity contribution >= 4 is 27.3 Å². The number of hydrogen-bond donors (Lipinski definition) is 1. The quantitative estimate of drug-likeness (QED) is 0.938. The second-order valence-corrected chi connectivity index (χ2v) is 6.38. The molecule has 2 heterocycles. The molecule has 6 heteroatoms. The normalized spacial score (nSPS) is 16.6. The van der Waals surface area contributed by atoms with Gasteiger partial charge in [0.25, 0.3) is 0 Å². The number of carbonyl (C=O) groups is 1. The molecule has 0 saturated carbocycles. The summed E-state index contributed by atoms with van der Waals surface area (Å²) in [4.78, 5) is 16.6. The van der Waals surface area contributed by atoms with E-state index in [1.54, 1.807) is 22.3 Å². The van der Waals surface area contributed by atoms with Crippen LogP contribution in [-0.4, -0.2) is 53.6 Å². The van der Waals surface area contributed by atoms with E-state index in [0.717, 1.165) is 29.7 Å². The first-order chi connectivity index (χ1) is 10.2. The van der Waals surface area contributed by atoms with Crippen molar-refractivity contribution in [3.63, 3.8) is 0 Å². The zero-order valence-electron chi connectivity index (χ0n) is 11.6. The van der Waals surface area contributed by atoms with Gasteiger partial charge in [-0.05, 0) is 29.7 Å². The molecule has 1 aromatic carbocycles. The van der Waals surface area contributed by atoms with Crippen LogP contribution in [0.25, 0.3) is 10.1 Å². The lowest BCUT2D eigenvalue weighted by Gasteiger charge is -2.34. The van der Waals surface area contributed by atoms with Gasteiger partial charge in [-0.3, -0.25) is 9.69 Å². The molecule has 0 radical (unpaired) electrons.